The molecule has 1 aromatic rings. The quantitative estimate of drug-likeness (QED) is 0.923. The molecule has 1 N–H and O–H groups in total. The van der Waals surface area contributed by atoms with E-state index < -0.39 is 0 Å². The van der Waals surface area contributed by atoms with Gasteiger partial charge in [0.2, 0.25) is 0 Å². The largest absolute Gasteiger partial charge is 0.374 e. The lowest BCUT2D eigenvalue weighted by Crippen LogP contribution is -2.49. The molecule has 114 valence electrons. The Kier molecular flexibility index (Phi) is 3.82. The summed E-state index contributed by atoms with van der Waals surface area (Å²) in [6.07, 6.45) is 6.73. The Hall–Kier alpha value is -0.770. The van der Waals surface area contributed by atoms with Gasteiger partial charge in [-0.1, -0.05) is 23.7 Å². The van der Waals surface area contributed by atoms with Crippen molar-refractivity contribution in [2.75, 3.05) is 18.1 Å². The number of anilines is 1. The van der Waals surface area contributed by atoms with E-state index in [1.54, 1.807) is 0 Å². The van der Waals surface area contributed by atoms with E-state index in [-0.39, 0.29) is 0 Å². The van der Waals surface area contributed by atoms with E-state index >= 15 is 0 Å². The lowest BCUT2D eigenvalue weighted by Gasteiger charge is -2.40. The molecule has 0 radical (unpaired) electrons. The summed E-state index contributed by atoms with van der Waals surface area (Å²) < 4.78 is 5.94. The van der Waals surface area contributed by atoms with Crippen LogP contribution in [0.25, 0.3) is 0 Å². The number of hydrogen-bond donors (Lipinski definition) is 1. The number of morpholine rings is 1. The maximum atomic E-state index is 6.57. The van der Waals surface area contributed by atoms with Gasteiger partial charge in [-0.3, -0.25) is 0 Å². The molecule has 3 nitrogen and oxygen atoms in total. The molecule has 0 aromatic heterocycles. The number of benzene rings is 1. The van der Waals surface area contributed by atoms with Gasteiger partial charge >= 0.3 is 0 Å². The zero-order valence-electron chi connectivity index (χ0n) is 12.4. The molecule has 1 aliphatic heterocycles. The fourth-order valence-electron chi connectivity index (χ4n) is 3.77. The highest BCUT2D eigenvalue weighted by Crippen LogP contribution is 2.38. The number of nitrogens with zero attached hydrogens (tertiary/aromatic N) is 1. The van der Waals surface area contributed by atoms with Crippen molar-refractivity contribution in [1.29, 1.82) is 0 Å². The van der Waals surface area contributed by atoms with Gasteiger partial charge in [0.25, 0.3) is 0 Å². The van der Waals surface area contributed by atoms with Gasteiger partial charge in [0.15, 0.2) is 0 Å². The monoisotopic (exact) mass is 306 g/mol. The zero-order chi connectivity index (χ0) is 14.2. The highest BCUT2D eigenvalue weighted by Gasteiger charge is 2.37. The molecule has 1 heterocycles. The molecule has 2 unspecified atom stereocenters. The maximum absolute atomic E-state index is 6.57. The van der Waals surface area contributed by atoms with Gasteiger partial charge in [0, 0.05) is 19.1 Å². The summed E-state index contributed by atoms with van der Waals surface area (Å²) >= 11 is 6.57. The van der Waals surface area contributed by atoms with Crippen LogP contribution in [0.3, 0.4) is 0 Å². The Balaban J connectivity index is 1.62. The van der Waals surface area contributed by atoms with Crippen molar-refractivity contribution in [3.8, 4) is 0 Å². The highest BCUT2D eigenvalue weighted by molar-refractivity contribution is 6.33. The first kappa shape index (κ1) is 13.9. The van der Waals surface area contributed by atoms with E-state index in [0.29, 0.717) is 12.1 Å². The average molecular weight is 307 g/mol. The van der Waals surface area contributed by atoms with Crippen LogP contribution in [0.4, 0.5) is 5.69 Å². The Morgan fingerprint density at radius 1 is 1.24 bits per heavy atom. The summed E-state index contributed by atoms with van der Waals surface area (Å²) in [7, 11) is 0. The van der Waals surface area contributed by atoms with Crippen molar-refractivity contribution in [1.82, 2.24) is 5.32 Å². The topological polar surface area (TPSA) is 24.5 Å². The molecular formula is C17H23ClN2O. The Morgan fingerprint density at radius 3 is 3.00 bits per heavy atom. The molecule has 0 bridgehead atoms. The summed E-state index contributed by atoms with van der Waals surface area (Å²) in [6.45, 7) is 2.71. The minimum absolute atomic E-state index is 0.402. The summed E-state index contributed by atoms with van der Waals surface area (Å²) in [6, 6.07) is 7.55. The van der Waals surface area contributed by atoms with Gasteiger partial charge < -0.3 is 15.0 Å². The molecule has 0 spiro atoms. The SMILES string of the molecule is Clc1cccc(CNC2CC2)c1N1CCOC2CCCC21. The zero-order valence-corrected chi connectivity index (χ0v) is 13.1. The third-order valence-corrected chi connectivity index (χ3v) is 5.30. The smallest absolute Gasteiger partial charge is 0.0779 e. The fraction of sp³-hybridized carbons (Fsp3) is 0.647. The molecule has 3 fully saturated rings. The van der Waals surface area contributed by atoms with Crippen molar-refractivity contribution in [3.05, 3.63) is 28.8 Å². The third-order valence-electron chi connectivity index (χ3n) is 5.00. The van der Waals surface area contributed by atoms with E-state index in [0.717, 1.165) is 30.8 Å². The molecule has 2 atom stereocenters. The van der Waals surface area contributed by atoms with E-state index in [2.05, 4.69) is 22.3 Å². The van der Waals surface area contributed by atoms with Crippen molar-refractivity contribution in [3.63, 3.8) is 0 Å². The van der Waals surface area contributed by atoms with E-state index in [1.165, 1.54) is 43.4 Å². The third kappa shape index (κ3) is 2.79. The summed E-state index contributed by atoms with van der Waals surface area (Å²) in [5.41, 5.74) is 2.58. The van der Waals surface area contributed by atoms with Crippen molar-refractivity contribution < 1.29 is 4.74 Å². The first-order valence-electron chi connectivity index (χ1n) is 8.22. The summed E-state index contributed by atoms with van der Waals surface area (Å²) in [5.74, 6) is 0. The van der Waals surface area contributed by atoms with Gasteiger partial charge in [-0.25, -0.2) is 0 Å². The van der Waals surface area contributed by atoms with Crippen LogP contribution in [0.2, 0.25) is 5.02 Å². The van der Waals surface area contributed by atoms with Gasteiger partial charge in [-0.05, 0) is 43.7 Å². The molecule has 1 saturated heterocycles. The second-order valence-corrected chi connectivity index (χ2v) is 6.91. The second kappa shape index (κ2) is 5.79. The molecule has 2 saturated carbocycles. The van der Waals surface area contributed by atoms with E-state index in [9.17, 15) is 0 Å². The Bertz CT molecular complexity index is 518. The predicted molar refractivity (Wildman–Crippen MR) is 86.0 cm³/mol. The van der Waals surface area contributed by atoms with Crippen LogP contribution in [0, 0.1) is 0 Å². The van der Waals surface area contributed by atoms with Crippen LogP contribution < -0.4 is 10.2 Å². The first-order chi connectivity index (χ1) is 10.3. The van der Waals surface area contributed by atoms with Gasteiger partial charge in [-0.2, -0.15) is 0 Å². The molecule has 4 rings (SSSR count). The van der Waals surface area contributed by atoms with Crippen LogP contribution in [0.5, 0.6) is 0 Å². The molecule has 1 aromatic carbocycles. The number of fused-ring (bicyclic) bond motifs is 1. The predicted octanol–water partition coefficient (Wildman–Crippen LogP) is 3.35. The average Bonchev–Trinajstić information content (AvgIpc) is 3.20. The molecule has 2 aliphatic carbocycles. The molecule has 0 amide bonds. The van der Waals surface area contributed by atoms with Crippen LogP contribution in [0.1, 0.15) is 37.7 Å². The molecule has 21 heavy (non-hydrogen) atoms. The van der Waals surface area contributed by atoms with Crippen LogP contribution in [0.15, 0.2) is 18.2 Å². The Labute approximate surface area is 131 Å². The summed E-state index contributed by atoms with van der Waals surface area (Å²) in [4.78, 5) is 2.52. The number of rotatable bonds is 4. The van der Waals surface area contributed by atoms with Crippen LogP contribution in [-0.2, 0) is 11.3 Å². The van der Waals surface area contributed by atoms with E-state index in [1.807, 2.05) is 6.07 Å². The van der Waals surface area contributed by atoms with Gasteiger partial charge in [0.05, 0.1) is 29.5 Å². The molecule has 3 aliphatic rings. The first-order valence-corrected chi connectivity index (χ1v) is 8.60. The summed E-state index contributed by atoms with van der Waals surface area (Å²) in [5, 5.41) is 4.51. The number of ether oxygens (including phenoxy) is 1. The Morgan fingerprint density at radius 2 is 2.14 bits per heavy atom. The van der Waals surface area contributed by atoms with Crippen molar-refractivity contribution in [2.24, 2.45) is 0 Å². The standard InChI is InChI=1S/C17H23ClN2O/c18-14-4-1-3-12(11-19-13-7-8-13)17(14)20-9-10-21-16-6-2-5-15(16)20/h1,3-4,13,15-16,19H,2,5-11H2. The molecule has 4 heteroatoms. The lowest BCUT2D eigenvalue weighted by atomic mass is 10.1. The van der Waals surface area contributed by atoms with Crippen molar-refractivity contribution in [2.45, 2.75) is 56.8 Å². The number of hydrogen-bond acceptors (Lipinski definition) is 3. The lowest BCUT2D eigenvalue weighted by molar-refractivity contribution is 0.0256. The highest BCUT2D eigenvalue weighted by atomic mass is 35.5. The van der Waals surface area contributed by atoms with Gasteiger partial charge in [0.1, 0.15) is 0 Å². The second-order valence-electron chi connectivity index (χ2n) is 6.50. The minimum Gasteiger partial charge on any atom is -0.374 e. The van der Waals surface area contributed by atoms with Crippen LogP contribution >= 0.6 is 11.6 Å². The van der Waals surface area contributed by atoms with Crippen molar-refractivity contribution >= 4 is 17.3 Å². The number of nitrogens with one attached hydrogen (secondary N) is 1. The molecular weight excluding hydrogens is 284 g/mol. The normalized spacial score (nSPS) is 28.7. The van der Waals surface area contributed by atoms with Crippen LogP contribution in [-0.4, -0.2) is 31.3 Å². The fourth-order valence-corrected chi connectivity index (χ4v) is 4.07. The number of halogens is 1. The minimum atomic E-state index is 0.402. The van der Waals surface area contributed by atoms with Gasteiger partial charge in [-0.15, -0.1) is 0 Å². The van der Waals surface area contributed by atoms with E-state index in [4.69, 9.17) is 16.3 Å². The number of para-hydroxylation sites is 1. The maximum Gasteiger partial charge on any atom is 0.0779 e.